The van der Waals surface area contributed by atoms with Crippen LogP contribution in [-0.2, 0) is 0 Å². The smallest absolute Gasteiger partial charge is 0.220 e. The summed E-state index contributed by atoms with van der Waals surface area (Å²) in [6.45, 7) is 0. The van der Waals surface area contributed by atoms with Gasteiger partial charge in [-0.3, -0.25) is 0 Å². The predicted octanol–water partition coefficient (Wildman–Crippen LogP) is 1.66. The van der Waals surface area contributed by atoms with Crippen molar-refractivity contribution in [3.8, 4) is 11.8 Å². The number of nitrogens with zero attached hydrogens (tertiary/aromatic N) is 6. The summed E-state index contributed by atoms with van der Waals surface area (Å²) in [4.78, 5) is 4.17. The topological polar surface area (TPSA) is 106 Å². The van der Waals surface area contributed by atoms with E-state index in [0.29, 0.717) is 21.4 Å². The first kappa shape index (κ1) is 13.1. The molecule has 8 heteroatoms. The van der Waals surface area contributed by atoms with Crippen molar-refractivity contribution in [2.75, 3.05) is 5.73 Å². The fourth-order valence-corrected chi connectivity index (χ4v) is 2.49. The molecule has 7 nitrogen and oxygen atoms in total. The molecule has 2 N–H and O–H groups in total. The van der Waals surface area contributed by atoms with Gasteiger partial charge in [0.05, 0.1) is 23.1 Å². The van der Waals surface area contributed by atoms with Gasteiger partial charge in [0.2, 0.25) is 5.16 Å². The van der Waals surface area contributed by atoms with Crippen LogP contribution in [0.15, 0.2) is 52.8 Å². The number of para-hydroxylation sites is 1. The van der Waals surface area contributed by atoms with Crippen molar-refractivity contribution in [2.45, 2.75) is 10.2 Å². The highest BCUT2D eigenvalue weighted by Gasteiger charge is 2.13. The standard InChI is InChI=1S/C13H9N7S/c14-7-9-6-10(15)8-16-12(9)21-13-17-18-19-20(13)11-4-2-1-3-5-11/h1-6,8H,15H2. The van der Waals surface area contributed by atoms with Crippen LogP contribution in [0.25, 0.3) is 5.69 Å². The molecular weight excluding hydrogens is 286 g/mol. The van der Waals surface area contributed by atoms with E-state index in [-0.39, 0.29) is 0 Å². The Labute approximate surface area is 124 Å². The van der Waals surface area contributed by atoms with E-state index >= 15 is 0 Å². The number of tetrazole rings is 1. The molecule has 3 aromatic rings. The first-order chi connectivity index (χ1) is 10.3. The van der Waals surface area contributed by atoms with E-state index in [1.807, 2.05) is 30.3 Å². The van der Waals surface area contributed by atoms with Crippen LogP contribution in [0.5, 0.6) is 0 Å². The number of aromatic nitrogens is 5. The molecule has 0 radical (unpaired) electrons. The van der Waals surface area contributed by atoms with Crippen molar-refractivity contribution in [3.05, 3.63) is 48.2 Å². The summed E-state index contributed by atoms with van der Waals surface area (Å²) in [5.41, 5.74) is 7.30. The van der Waals surface area contributed by atoms with Crippen LogP contribution in [0.2, 0.25) is 0 Å². The monoisotopic (exact) mass is 295 g/mol. The summed E-state index contributed by atoms with van der Waals surface area (Å²) in [6.07, 6.45) is 1.50. The number of benzene rings is 1. The molecule has 3 rings (SSSR count). The van der Waals surface area contributed by atoms with Gasteiger partial charge >= 0.3 is 0 Å². The predicted molar refractivity (Wildman–Crippen MR) is 76.6 cm³/mol. The third-order valence-corrected chi connectivity index (χ3v) is 3.58. The van der Waals surface area contributed by atoms with Crippen molar-refractivity contribution >= 4 is 17.4 Å². The molecule has 1 aromatic carbocycles. The van der Waals surface area contributed by atoms with Gasteiger partial charge in [-0.2, -0.15) is 9.94 Å². The van der Waals surface area contributed by atoms with Crippen molar-refractivity contribution in [2.24, 2.45) is 0 Å². The number of anilines is 1. The van der Waals surface area contributed by atoms with Crippen molar-refractivity contribution in [3.63, 3.8) is 0 Å². The van der Waals surface area contributed by atoms with Gasteiger partial charge in [-0.15, -0.1) is 5.10 Å². The summed E-state index contributed by atoms with van der Waals surface area (Å²) in [7, 11) is 0. The Kier molecular flexibility index (Phi) is 3.49. The number of nitrogens with two attached hydrogens (primary N) is 1. The van der Waals surface area contributed by atoms with E-state index in [0.717, 1.165) is 5.69 Å². The average Bonchev–Trinajstić information content (AvgIpc) is 2.98. The highest BCUT2D eigenvalue weighted by molar-refractivity contribution is 7.99. The van der Waals surface area contributed by atoms with Gasteiger partial charge < -0.3 is 5.73 Å². The second-order valence-electron chi connectivity index (χ2n) is 4.04. The maximum atomic E-state index is 9.14. The van der Waals surface area contributed by atoms with Gasteiger partial charge in [-0.25, -0.2) is 4.98 Å². The molecule has 102 valence electrons. The van der Waals surface area contributed by atoms with Gasteiger partial charge in [0.25, 0.3) is 0 Å². The molecule has 21 heavy (non-hydrogen) atoms. The van der Waals surface area contributed by atoms with Crippen LogP contribution in [-0.4, -0.2) is 25.2 Å². The highest BCUT2D eigenvalue weighted by Crippen LogP contribution is 2.28. The highest BCUT2D eigenvalue weighted by atomic mass is 32.2. The first-order valence-electron chi connectivity index (χ1n) is 5.95. The zero-order valence-corrected chi connectivity index (χ0v) is 11.5. The molecule has 0 saturated carbocycles. The fraction of sp³-hybridized carbons (Fsp3) is 0. The lowest BCUT2D eigenvalue weighted by molar-refractivity contribution is 0.756. The van der Waals surface area contributed by atoms with E-state index < -0.39 is 0 Å². The van der Waals surface area contributed by atoms with Crippen molar-refractivity contribution in [1.29, 1.82) is 5.26 Å². The molecule has 0 unspecified atom stereocenters. The molecule has 0 bridgehead atoms. The molecule has 0 aliphatic rings. The molecule has 0 aliphatic carbocycles. The normalized spacial score (nSPS) is 10.2. The Bertz CT molecular complexity index is 807. The first-order valence-corrected chi connectivity index (χ1v) is 6.77. The Hall–Kier alpha value is -2.92. The second-order valence-corrected chi connectivity index (χ2v) is 5.00. The molecule has 2 heterocycles. The Balaban J connectivity index is 1.98. The number of hydrogen-bond acceptors (Lipinski definition) is 7. The lowest BCUT2D eigenvalue weighted by atomic mass is 10.3. The van der Waals surface area contributed by atoms with Gasteiger partial charge in [-0.05, 0) is 40.4 Å². The summed E-state index contributed by atoms with van der Waals surface area (Å²) in [5, 5.41) is 21.8. The summed E-state index contributed by atoms with van der Waals surface area (Å²) < 4.78 is 1.59. The van der Waals surface area contributed by atoms with Crippen LogP contribution in [0, 0.1) is 11.3 Å². The molecule has 0 fully saturated rings. The molecule has 0 amide bonds. The van der Waals surface area contributed by atoms with E-state index in [9.17, 15) is 0 Å². The summed E-state index contributed by atoms with van der Waals surface area (Å²) in [5.74, 6) is 0. The number of nitriles is 1. The lowest BCUT2D eigenvalue weighted by Gasteiger charge is -2.04. The molecule has 0 aliphatic heterocycles. The molecule has 2 aromatic heterocycles. The van der Waals surface area contributed by atoms with Gasteiger partial charge in [0, 0.05) is 0 Å². The van der Waals surface area contributed by atoms with Crippen LogP contribution in [0.1, 0.15) is 5.56 Å². The second kappa shape index (κ2) is 5.60. The zero-order chi connectivity index (χ0) is 14.7. The number of rotatable bonds is 3. The largest absolute Gasteiger partial charge is 0.397 e. The minimum atomic E-state index is 0.391. The van der Waals surface area contributed by atoms with Crippen LogP contribution >= 0.6 is 11.8 Å². The average molecular weight is 295 g/mol. The maximum Gasteiger partial charge on any atom is 0.220 e. The number of nitrogen functional groups attached to an aromatic ring is 1. The Morgan fingerprint density at radius 1 is 1.24 bits per heavy atom. The van der Waals surface area contributed by atoms with E-state index in [2.05, 4.69) is 26.6 Å². The van der Waals surface area contributed by atoms with Crippen molar-refractivity contribution < 1.29 is 0 Å². The molecular formula is C13H9N7S. The molecule has 0 saturated heterocycles. The fourth-order valence-electron chi connectivity index (χ4n) is 1.69. The zero-order valence-electron chi connectivity index (χ0n) is 10.7. The van der Waals surface area contributed by atoms with E-state index in [4.69, 9.17) is 11.0 Å². The van der Waals surface area contributed by atoms with Crippen LogP contribution in [0.4, 0.5) is 5.69 Å². The lowest BCUT2D eigenvalue weighted by Crippen LogP contribution is -1.99. The van der Waals surface area contributed by atoms with Gasteiger partial charge in [0.15, 0.2) is 0 Å². The summed E-state index contributed by atoms with van der Waals surface area (Å²) >= 11 is 1.21. The van der Waals surface area contributed by atoms with Gasteiger partial charge in [0.1, 0.15) is 11.1 Å². The Morgan fingerprint density at radius 2 is 2.05 bits per heavy atom. The van der Waals surface area contributed by atoms with Gasteiger partial charge in [-0.1, -0.05) is 18.2 Å². The van der Waals surface area contributed by atoms with Crippen LogP contribution < -0.4 is 5.73 Å². The summed E-state index contributed by atoms with van der Waals surface area (Å²) in [6, 6.07) is 13.1. The Morgan fingerprint density at radius 3 is 2.81 bits per heavy atom. The quantitative estimate of drug-likeness (QED) is 0.783. The SMILES string of the molecule is N#Cc1cc(N)cnc1Sc1nnnn1-c1ccccc1. The number of hydrogen-bond donors (Lipinski definition) is 1. The van der Waals surface area contributed by atoms with Crippen LogP contribution in [0.3, 0.4) is 0 Å². The minimum absolute atomic E-state index is 0.391. The molecule has 0 atom stereocenters. The van der Waals surface area contributed by atoms with Crippen molar-refractivity contribution in [1.82, 2.24) is 25.2 Å². The maximum absolute atomic E-state index is 9.14. The van der Waals surface area contributed by atoms with E-state index in [1.165, 1.54) is 18.0 Å². The third-order valence-electron chi connectivity index (χ3n) is 2.62. The molecule has 0 spiro atoms. The third kappa shape index (κ3) is 2.68. The number of pyridine rings is 1. The minimum Gasteiger partial charge on any atom is -0.397 e. The van der Waals surface area contributed by atoms with E-state index in [1.54, 1.807) is 10.7 Å².